The number of nitrogens with one attached hydrogen (secondary N) is 1. The maximum absolute atomic E-state index is 12.8. The van der Waals surface area contributed by atoms with E-state index in [0.29, 0.717) is 18.1 Å². The maximum Gasteiger partial charge on any atom is 0.416 e. The van der Waals surface area contributed by atoms with Crippen LogP contribution < -0.4 is 5.32 Å². The van der Waals surface area contributed by atoms with Gasteiger partial charge in [0.15, 0.2) is 5.13 Å². The molecule has 1 heterocycles. The van der Waals surface area contributed by atoms with Gasteiger partial charge >= 0.3 is 6.18 Å². The van der Waals surface area contributed by atoms with Gasteiger partial charge in [-0.2, -0.15) is 13.2 Å². The van der Waals surface area contributed by atoms with E-state index in [-0.39, 0.29) is 12.1 Å². The van der Waals surface area contributed by atoms with Gasteiger partial charge in [0.05, 0.1) is 5.56 Å². The topological polar surface area (TPSA) is 62.3 Å². The van der Waals surface area contributed by atoms with Crippen LogP contribution in [0.2, 0.25) is 0 Å². The number of hydrogen-bond donors (Lipinski definition) is 1. The Morgan fingerprint density at radius 2 is 1.86 bits per heavy atom. The van der Waals surface area contributed by atoms with Crippen LogP contribution in [-0.2, 0) is 11.0 Å². The van der Waals surface area contributed by atoms with E-state index in [9.17, 15) is 22.8 Å². The van der Waals surface area contributed by atoms with Gasteiger partial charge in [0.1, 0.15) is 6.54 Å². The lowest BCUT2D eigenvalue weighted by Gasteiger charge is -2.22. The standard InChI is InChI=1S/C19H22F3N3O2S/c1-2-3-4-5-11-25(13-16(26)24-18-23-10-12-28-18)17(27)14-6-8-15(9-7-14)19(20,21)22/h6-10,12H,2-5,11,13H2,1H3,(H,23,24,26). The van der Waals surface area contributed by atoms with Crippen LogP contribution in [-0.4, -0.2) is 34.8 Å². The second-order valence-electron chi connectivity index (χ2n) is 6.25. The van der Waals surface area contributed by atoms with Crippen molar-refractivity contribution in [3.63, 3.8) is 0 Å². The number of carbonyl (C=O) groups is 2. The minimum Gasteiger partial charge on any atom is -0.329 e. The van der Waals surface area contributed by atoms with Gasteiger partial charge in [-0.1, -0.05) is 26.2 Å². The van der Waals surface area contributed by atoms with Gasteiger partial charge in [0, 0.05) is 23.7 Å². The van der Waals surface area contributed by atoms with Gasteiger partial charge in [-0.05, 0) is 30.7 Å². The highest BCUT2D eigenvalue weighted by Crippen LogP contribution is 2.29. The van der Waals surface area contributed by atoms with E-state index < -0.39 is 23.6 Å². The van der Waals surface area contributed by atoms with E-state index in [1.54, 1.807) is 11.6 Å². The lowest BCUT2D eigenvalue weighted by molar-refractivity contribution is -0.137. The Bertz CT molecular complexity index is 762. The number of anilines is 1. The normalized spacial score (nSPS) is 11.3. The molecule has 28 heavy (non-hydrogen) atoms. The van der Waals surface area contributed by atoms with Crippen LogP contribution in [0.5, 0.6) is 0 Å². The molecule has 0 aliphatic heterocycles. The second kappa shape index (κ2) is 10.2. The Morgan fingerprint density at radius 1 is 1.14 bits per heavy atom. The molecule has 2 amide bonds. The van der Waals surface area contributed by atoms with Crippen molar-refractivity contribution < 1.29 is 22.8 Å². The van der Waals surface area contributed by atoms with Crippen molar-refractivity contribution in [3.8, 4) is 0 Å². The zero-order valence-corrected chi connectivity index (χ0v) is 16.3. The van der Waals surface area contributed by atoms with Gasteiger partial charge in [-0.3, -0.25) is 9.59 Å². The molecule has 2 rings (SSSR count). The molecule has 2 aromatic rings. The molecule has 0 radical (unpaired) electrons. The summed E-state index contributed by atoms with van der Waals surface area (Å²) in [6.07, 6.45) is 0.738. The van der Waals surface area contributed by atoms with Crippen molar-refractivity contribution in [2.45, 2.75) is 38.8 Å². The van der Waals surface area contributed by atoms with Crippen molar-refractivity contribution in [3.05, 3.63) is 47.0 Å². The smallest absolute Gasteiger partial charge is 0.329 e. The highest BCUT2D eigenvalue weighted by molar-refractivity contribution is 7.13. The molecule has 5 nitrogen and oxygen atoms in total. The molecule has 0 saturated heterocycles. The zero-order chi connectivity index (χ0) is 20.6. The second-order valence-corrected chi connectivity index (χ2v) is 7.14. The van der Waals surface area contributed by atoms with Gasteiger partial charge in [-0.15, -0.1) is 11.3 Å². The maximum atomic E-state index is 12.8. The molecule has 1 N–H and O–H groups in total. The third-order valence-electron chi connectivity index (χ3n) is 4.04. The molecule has 1 aromatic carbocycles. The van der Waals surface area contributed by atoms with E-state index in [2.05, 4.69) is 17.2 Å². The molecule has 0 atom stereocenters. The van der Waals surface area contributed by atoms with Crippen LogP contribution >= 0.6 is 11.3 Å². The monoisotopic (exact) mass is 413 g/mol. The molecule has 0 aliphatic carbocycles. The Morgan fingerprint density at radius 3 is 2.43 bits per heavy atom. The van der Waals surface area contributed by atoms with Crippen LogP contribution in [0, 0.1) is 0 Å². The summed E-state index contributed by atoms with van der Waals surface area (Å²) in [4.78, 5) is 30.3. The van der Waals surface area contributed by atoms with E-state index in [0.717, 1.165) is 43.5 Å². The van der Waals surface area contributed by atoms with E-state index >= 15 is 0 Å². The molecule has 0 bridgehead atoms. The first-order valence-corrected chi connectivity index (χ1v) is 9.85. The molecule has 152 valence electrons. The average Bonchev–Trinajstić information content (AvgIpc) is 3.16. The van der Waals surface area contributed by atoms with Crippen molar-refractivity contribution in [2.24, 2.45) is 0 Å². The number of aromatic nitrogens is 1. The van der Waals surface area contributed by atoms with E-state index in [1.807, 2.05) is 0 Å². The summed E-state index contributed by atoms with van der Waals surface area (Å²) in [7, 11) is 0. The Labute approximate surface area is 165 Å². The molecule has 0 saturated carbocycles. The molecule has 0 spiro atoms. The highest BCUT2D eigenvalue weighted by Gasteiger charge is 2.30. The molecule has 0 unspecified atom stereocenters. The molecule has 0 aliphatic rings. The van der Waals surface area contributed by atoms with E-state index in [4.69, 9.17) is 0 Å². The number of halogens is 3. The third-order valence-corrected chi connectivity index (χ3v) is 4.73. The Hall–Kier alpha value is -2.42. The number of amides is 2. The Balaban J connectivity index is 2.07. The number of alkyl halides is 3. The fraction of sp³-hybridized carbons (Fsp3) is 0.421. The number of benzene rings is 1. The van der Waals surface area contributed by atoms with Crippen molar-refractivity contribution in [1.29, 1.82) is 0 Å². The highest BCUT2D eigenvalue weighted by atomic mass is 32.1. The number of rotatable bonds is 9. The Kier molecular flexibility index (Phi) is 7.98. The van der Waals surface area contributed by atoms with Crippen molar-refractivity contribution in [1.82, 2.24) is 9.88 Å². The molecule has 9 heteroatoms. The quantitative estimate of drug-likeness (QED) is 0.600. The summed E-state index contributed by atoms with van der Waals surface area (Å²) in [6.45, 7) is 2.23. The largest absolute Gasteiger partial charge is 0.416 e. The summed E-state index contributed by atoms with van der Waals surface area (Å²) in [5, 5.41) is 4.76. The van der Waals surface area contributed by atoms with Gasteiger partial charge < -0.3 is 10.2 Å². The summed E-state index contributed by atoms with van der Waals surface area (Å²) in [5.74, 6) is -0.870. The number of thiazole rings is 1. The van der Waals surface area contributed by atoms with Crippen molar-refractivity contribution >= 4 is 28.3 Å². The SMILES string of the molecule is CCCCCCN(CC(=O)Nc1nccs1)C(=O)c1ccc(C(F)(F)F)cc1. The first-order chi connectivity index (χ1) is 13.3. The minimum atomic E-state index is -4.46. The van der Waals surface area contributed by atoms with Gasteiger partial charge in [-0.25, -0.2) is 4.98 Å². The summed E-state index contributed by atoms with van der Waals surface area (Å²) in [5.41, 5.74) is -0.703. The fourth-order valence-electron chi connectivity index (χ4n) is 2.58. The lowest BCUT2D eigenvalue weighted by atomic mass is 10.1. The van der Waals surface area contributed by atoms with Gasteiger partial charge in [0.2, 0.25) is 5.91 Å². The predicted octanol–water partition coefficient (Wildman–Crippen LogP) is 4.82. The van der Waals surface area contributed by atoms with Crippen LogP contribution in [0.15, 0.2) is 35.8 Å². The molecule has 0 fully saturated rings. The summed E-state index contributed by atoms with van der Waals surface area (Å²) < 4.78 is 38.2. The molecular formula is C19H22F3N3O2S. The van der Waals surface area contributed by atoms with Gasteiger partial charge in [0.25, 0.3) is 5.91 Å². The first-order valence-electron chi connectivity index (χ1n) is 8.97. The number of carbonyl (C=O) groups excluding carboxylic acids is 2. The number of hydrogen-bond acceptors (Lipinski definition) is 4. The van der Waals surface area contributed by atoms with Crippen LogP contribution in [0.4, 0.5) is 18.3 Å². The number of unbranched alkanes of at least 4 members (excludes halogenated alkanes) is 3. The first kappa shape index (κ1) is 21.9. The van der Waals surface area contributed by atoms with E-state index in [1.165, 1.54) is 16.2 Å². The van der Waals surface area contributed by atoms with Crippen LogP contribution in [0.25, 0.3) is 0 Å². The third kappa shape index (κ3) is 6.63. The van der Waals surface area contributed by atoms with Crippen LogP contribution in [0.1, 0.15) is 48.5 Å². The predicted molar refractivity (Wildman–Crippen MR) is 102 cm³/mol. The number of nitrogens with zero attached hydrogens (tertiary/aromatic N) is 2. The fourth-order valence-corrected chi connectivity index (χ4v) is 3.13. The average molecular weight is 413 g/mol. The summed E-state index contributed by atoms with van der Waals surface area (Å²) >= 11 is 1.26. The molecular weight excluding hydrogens is 391 g/mol. The lowest BCUT2D eigenvalue weighted by Crippen LogP contribution is -2.38. The molecule has 1 aromatic heterocycles. The summed E-state index contributed by atoms with van der Waals surface area (Å²) in [6, 6.07) is 4.03. The van der Waals surface area contributed by atoms with Crippen molar-refractivity contribution in [2.75, 3.05) is 18.4 Å². The van der Waals surface area contributed by atoms with Crippen LogP contribution in [0.3, 0.4) is 0 Å². The minimum absolute atomic E-state index is 0.116. The zero-order valence-electron chi connectivity index (χ0n) is 15.5.